The van der Waals surface area contributed by atoms with Crippen LogP contribution in [0, 0.1) is 5.41 Å². The number of benzene rings is 1. The Hall–Kier alpha value is -3.27. The SMILES string of the molecule is O=C(c1ccc(CN2CC3(CCN(Cc4cccs4)CC3)C2)cc1)N(Cc1ncc[nH]1)Cc1ncc[nH]1. The molecule has 3 aromatic heterocycles. The molecule has 6 rings (SSSR count). The van der Waals surface area contributed by atoms with E-state index in [1.54, 1.807) is 29.7 Å². The molecule has 0 bridgehead atoms. The van der Waals surface area contributed by atoms with Crippen molar-refractivity contribution in [2.75, 3.05) is 26.2 Å². The van der Waals surface area contributed by atoms with Gasteiger partial charge in [-0.2, -0.15) is 0 Å². The Morgan fingerprint density at radius 2 is 1.59 bits per heavy atom. The summed E-state index contributed by atoms with van der Waals surface area (Å²) in [6.07, 6.45) is 9.54. The maximum Gasteiger partial charge on any atom is 0.254 e. The van der Waals surface area contributed by atoms with Gasteiger partial charge in [-0.1, -0.05) is 18.2 Å². The highest BCUT2D eigenvalue weighted by Gasteiger charge is 2.44. The lowest BCUT2D eigenvalue weighted by atomic mass is 9.72. The molecule has 0 atom stereocenters. The van der Waals surface area contributed by atoms with E-state index < -0.39 is 0 Å². The van der Waals surface area contributed by atoms with E-state index in [1.807, 2.05) is 23.5 Å². The Kier molecular flexibility index (Phi) is 6.91. The van der Waals surface area contributed by atoms with Crippen LogP contribution in [0.25, 0.3) is 0 Å². The predicted molar refractivity (Wildman–Crippen MR) is 144 cm³/mol. The number of hydrogen-bond donors (Lipinski definition) is 2. The number of nitrogens with one attached hydrogen (secondary N) is 2. The van der Waals surface area contributed by atoms with Gasteiger partial charge in [-0.15, -0.1) is 11.3 Å². The molecule has 4 aromatic rings. The number of carbonyl (C=O) groups excluding carboxylic acids is 1. The zero-order chi connectivity index (χ0) is 25.1. The highest BCUT2D eigenvalue weighted by molar-refractivity contribution is 7.09. The smallest absolute Gasteiger partial charge is 0.254 e. The van der Waals surface area contributed by atoms with Crippen molar-refractivity contribution in [1.29, 1.82) is 0 Å². The number of hydrogen-bond acceptors (Lipinski definition) is 6. The van der Waals surface area contributed by atoms with Gasteiger partial charge in [-0.3, -0.25) is 14.6 Å². The van der Waals surface area contributed by atoms with Gasteiger partial charge in [0.25, 0.3) is 5.91 Å². The van der Waals surface area contributed by atoms with E-state index in [9.17, 15) is 4.79 Å². The maximum absolute atomic E-state index is 13.4. The van der Waals surface area contributed by atoms with E-state index >= 15 is 0 Å². The van der Waals surface area contributed by atoms with Crippen LogP contribution in [0.1, 0.15) is 45.3 Å². The molecule has 5 heterocycles. The molecule has 2 aliphatic rings. The number of thiophene rings is 1. The number of carbonyl (C=O) groups is 1. The number of nitrogens with zero attached hydrogens (tertiary/aromatic N) is 5. The summed E-state index contributed by atoms with van der Waals surface area (Å²) in [5.74, 6) is 1.47. The van der Waals surface area contributed by atoms with Crippen molar-refractivity contribution in [1.82, 2.24) is 34.6 Å². The molecule has 2 N–H and O–H groups in total. The van der Waals surface area contributed by atoms with E-state index in [0.29, 0.717) is 24.1 Å². The van der Waals surface area contributed by atoms with Gasteiger partial charge in [0.2, 0.25) is 0 Å². The van der Waals surface area contributed by atoms with Gasteiger partial charge in [0.15, 0.2) is 0 Å². The van der Waals surface area contributed by atoms with Crippen molar-refractivity contribution in [2.24, 2.45) is 5.41 Å². The number of H-pyrrole nitrogens is 2. The highest BCUT2D eigenvalue weighted by atomic mass is 32.1. The van der Waals surface area contributed by atoms with Crippen molar-refractivity contribution >= 4 is 17.2 Å². The van der Waals surface area contributed by atoms with Gasteiger partial charge in [0, 0.05) is 61.4 Å². The lowest BCUT2D eigenvalue weighted by Crippen LogP contribution is -2.59. The van der Waals surface area contributed by atoms with E-state index in [1.165, 1.54) is 49.5 Å². The molecule has 192 valence electrons. The molecule has 2 aliphatic heterocycles. The van der Waals surface area contributed by atoms with Crippen LogP contribution >= 0.6 is 11.3 Å². The standard InChI is InChI=1S/C28H33N7OS/c36-27(35(18-25-29-9-10-30-25)19-26-31-11-12-32-26)23-5-3-22(4-6-23)16-34-20-28(21-34)7-13-33(14-8-28)17-24-2-1-15-37-24/h1-6,9-12,15H,7-8,13-14,16-21H2,(H,29,30)(H,31,32). The summed E-state index contributed by atoms with van der Waals surface area (Å²) in [5, 5.41) is 2.17. The highest BCUT2D eigenvalue weighted by Crippen LogP contribution is 2.41. The summed E-state index contributed by atoms with van der Waals surface area (Å²) >= 11 is 1.86. The Morgan fingerprint density at radius 1 is 0.919 bits per heavy atom. The van der Waals surface area contributed by atoms with E-state index in [4.69, 9.17) is 0 Å². The summed E-state index contributed by atoms with van der Waals surface area (Å²) in [6, 6.07) is 12.5. The van der Waals surface area contributed by atoms with E-state index in [-0.39, 0.29) is 5.91 Å². The first-order valence-electron chi connectivity index (χ1n) is 13.0. The first-order valence-corrected chi connectivity index (χ1v) is 13.8. The third-order valence-electron chi connectivity index (χ3n) is 7.68. The molecule has 1 spiro atoms. The van der Waals surface area contributed by atoms with Gasteiger partial charge in [0.1, 0.15) is 11.6 Å². The number of aromatic nitrogens is 4. The second-order valence-electron chi connectivity index (χ2n) is 10.4. The van der Waals surface area contributed by atoms with Crippen molar-refractivity contribution in [3.05, 3.63) is 94.2 Å². The number of amides is 1. The van der Waals surface area contributed by atoms with E-state index in [0.717, 1.165) is 24.7 Å². The Labute approximate surface area is 221 Å². The Bertz CT molecular complexity index is 1220. The van der Waals surface area contributed by atoms with E-state index in [2.05, 4.69) is 59.4 Å². The average Bonchev–Trinajstić information content (AvgIpc) is 3.69. The molecular formula is C28H33N7OS. The molecule has 2 saturated heterocycles. The minimum Gasteiger partial charge on any atom is -0.347 e. The number of rotatable bonds is 9. The molecular weight excluding hydrogens is 482 g/mol. The molecule has 0 radical (unpaired) electrons. The molecule has 1 aromatic carbocycles. The fourth-order valence-electron chi connectivity index (χ4n) is 5.66. The summed E-state index contributed by atoms with van der Waals surface area (Å²) < 4.78 is 0. The van der Waals surface area contributed by atoms with Crippen LogP contribution in [0.2, 0.25) is 0 Å². The second-order valence-corrected chi connectivity index (χ2v) is 11.5. The molecule has 0 aliphatic carbocycles. The average molecular weight is 516 g/mol. The number of aromatic amines is 2. The molecule has 1 amide bonds. The second kappa shape index (κ2) is 10.6. The van der Waals surface area contributed by atoms with Gasteiger partial charge in [-0.05, 0) is 60.5 Å². The van der Waals surface area contributed by atoms with Crippen molar-refractivity contribution in [3.63, 3.8) is 0 Å². The first kappa shape index (κ1) is 24.1. The minimum absolute atomic E-state index is 0.0310. The first-order chi connectivity index (χ1) is 18.1. The Morgan fingerprint density at radius 3 is 2.16 bits per heavy atom. The normalized spacial score (nSPS) is 17.6. The number of imidazole rings is 2. The summed E-state index contributed by atoms with van der Waals surface area (Å²) in [7, 11) is 0. The van der Waals surface area contributed by atoms with Gasteiger partial charge in [-0.25, -0.2) is 9.97 Å². The monoisotopic (exact) mass is 515 g/mol. The molecule has 9 heteroatoms. The van der Waals surface area contributed by atoms with Gasteiger partial charge in [0.05, 0.1) is 13.1 Å². The topological polar surface area (TPSA) is 84.2 Å². The van der Waals surface area contributed by atoms with Crippen LogP contribution in [0.5, 0.6) is 0 Å². The minimum atomic E-state index is -0.0310. The maximum atomic E-state index is 13.4. The number of piperidine rings is 1. The van der Waals surface area contributed by atoms with Gasteiger partial charge >= 0.3 is 0 Å². The van der Waals surface area contributed by atoms with Crippen LogP contribution in [0.3, 0.4) is 0 Å². The molecule has 8 nitrogen and oxygen atoms in total. The summed E-state index contributed by atoms with van der Waals surface area (Å²) in [6.45, 7) is 7.61. The Balaban J connectivity index is 1.01. The molecule has 2 fully saturated rings. The van der Waals surface area contributed by atoms with Crippen molar-refractivity contribution < 1.29 is 4.79 Å². The molecule has 0 unspecified atom stereocenters. The van der Waals surface area contributed by atoms with Crippen molar-refractivity contribution in [2.45, 2.75) is 39.0 Å². The molecule has 0 saturated carbocycles. The zero-order valence-electron chi connectivity index (χ0n) is 21.0. The van der Waals surface area contributed by atoms with Crippen LogP contribution in [0.4, 0.5) is 0 Å². The lowest BCUT2D eigenvalue weighted by molar-refractivity contribution is -0.0522. The summed E-state index contributed by atoms with van der Waals surface area (Å²) in [4.78, 5) is 36.5. The number of likely N-dealkylation sites (tertiary alicyclic amines) is 2. The third kappa shape index (κ3) is 5.69. The van der Waals surface area contributed by atoms with Crippen LogP contribution in [-0.2, 0) is 26.2 Å². The van der Waals surface area contributed by atoms with Gasteiger partial charge < -0.3 is 14.9 Å². The van der Waals surface area contributed by atoms with Crippen molar-refractivity contribution in [3.8, 4) is 0 Å². The zero-order valence-corrected chi connectivity index (χ0v) is 21.8. The fourth-order valence-corrected chi connectivity index (χ4v) is 6.41. The predicted octanol–water partition coefficient (Wildman–Crippen LogP) is 4.13. The quantitative estimate of drug-likeness (QED) is 0.350. The largest absolute Gasteiger partial charge is 0.347 e. The van der Waals surface area contributed by atoms with Crippen LogP contribution in [-0.4, -0.2) is 66.7 Å². The molecule has 37 heavy (non-hydrogen) atoms. The summed E-state index contributed by atoms with van der Waals surface area (Å²) in [5.41, 5.74) is 2.44. The van der Waals surface area contributed by atoms with Crippen LogP contribution < -0.4 is 0 Å². The van der Waals surface area contributed by atoms with Crippen LogP contribution in [0.15, 0.2) is 66.6 Å². The third-order valence-corrected chi connectivity index (χ3v) is 8.54. The lowest BCUT2D eigenvalue weighted by Gasteiger charge is -2.54. The fraction of sp³-hybridized carbons (Fsp3) is 0.393.